The van der Waals surface area contributed by atoms with Crippen LogP contribution in [0.1, 0.15) is 51.6 Å². The second-order valence-corrected chi connectivity index (χ2v) is 12.7. The summed E-state index contributed by atoms with van der Waals surface area (Å²) in [6.07, 6.45) is 5.68. The summed E-state index contributed by atoms with van der Waals surface area (Å²) >= 11 is 1.53. The van der Waals surface area contributed by atoms with Crippen molar-refractivity contribution in [2.75, 3.05) is 41.7 Å². The van der Waals surface area contributed by atoms with Crippen LogP contribution < -0.4 is 15.5 Å². The minimum absolute atomic E-state index is 0.119. The summed E-state index contributed by atoms with van der Waals surface area (Å²) in [7, 11) is 0. The first-order valence-electron chi connectivity index (χ1n) is 14.1. The molecule has 39 heavy (non-hydrogen) atoms. The number of rotatable bonds is 8. The van der Waals surface area contributed by atoms with E-state index in [-0.39, 0.29) is 11.8 Å². The Hall–Kier alpha value is -3.11. The van der Waals surface area contributed by atoms with Crippen molar-refractivity contribution in [1.82, 2.24) is 25.1 Å². The largest absolute Gasteiger partial charge is 0.356 e. The van der Waals surface area contributed by atoms with Crippen LogP contribution in [0.3, 0.4) is 0 Å². The molecule has 10 heteroatoms. The molecule has 2 aliphatic heterocycles. The van der Waals surface area contributed by atoms with E-state index in [0.717, 1.165) is 59.7 Å². The van der Waals surface area contributed by atoms with Crippen molar-refractivity contribution < 1.29 is 4.79 Å². The van der Waals surface area contributed by atoms with Gasteiger partial charge in [0.2, 0.25) is 5.91 Å². The minimum atomic E-state index is 0.119. The number of aromatic amines is 1. The van der Waals surface area contributed by atoms with Gasteiger partial charge in [-0.1, -0.05) is 0 Å². The quantitative estimate of drug-likeness (QED) is 0.321. The predicted octanol–water partition coefficient (Wildman–Crippen LogP) is 5.45. The lowest BCUT2D eigenvalue weighted by Crippen LogP contribution is -2.42. The number of anilines is 4. The highest BCUT2D eigenvalue weighted by Crippen LogP contribution is 2.42. The van der Waals surface area contributed by atoms with Gasteiger partial charge < -0.3 is 20.4 Å². The average molecular weight is 547 g/mol. The lowest BCUT2D eigenvalue weighted by Gasteiger charge is -2.40. The molecule has 1 aliphatic carbocycles. The normalized spacial score (nSPS) is 19.1. The number of nitrogens with zero attached hydrogens (tertiary/aromatic N) is 5. The molecule has 0 bridgehead atoms. The highest BCUT2D eigenvalue weighted by Gasteiger charge is 2.41. The summed E-state index contributed by atoms with van der Waals surface area (Å²) in [6, 6.07) is 12.5. The Bertz CT molecular complexity index is 1310. The second kappa shape index (κ2) is 10.8. The molecule has 1 amide bonds. The van der Waals surface area contributed by atoms with Gasteiger partial charge in [-0.25, -0.2) is 9.97 Å². The van der Waals surface area contributed by atoms with Crippen LogP contribution in [0.5, 0.6) is 0 Å². The summed E-state index contributed by atoms with van der Waals surface area (Å²) in [6.45, 7) is 11.0. The number of hydrogen-bond acceptors (Lipinski definition) is 8. The molecule has 3 aliphatic rings. The zero-order chi connectivity index (χ0) is 27.0. The van der Waals surface area contributed by atoms with Gasteiger partial charge >= 0.3 is 0 Å². The zero-order valence-corrected chi connectivity index (χ0v) is 23.9. The molecule has 0 unspecified atom stereocenters. The number of likely N-dealkylation sites (tertiary alicyclic amines) is 1. The van der Waals surface area contributed by atoms with Crippen LogP contribution >= 0.6 is 11.8 Å². The van der Waals surface area contributed by atoms with E-state index in [0.29, 0.717) is 16.6 Å². The van der Waals surface area contributed by atoms with Crippen molar-refractivity contribution in [2.24, 2.45) is 11.3 Å². The highest BCUT2D eigenvalue weighted by atomic mass is 32.2. The first-order valence-corrected chi connectivity index (χ1v) is 14.9. The van der Waals surface area contributed by atoms with Crippen molar-refractivity contribution in [2.45, 2.75) is 69.0 Å². The summed E-state index contributed by atoms with van der Waals surface area (Å²) in [5.41, 5.74) is 2.26. The van der Waals surface area contributed by atoms with E-state index in [9.17, 15) is 4.79 Å². The first-order chi connectivity index (χ1) is 18.8. The van der Waals surface area contributed by atoms with Gasteiger partial charge in [0.1, 0.15) is 11.6 Å². The molecule has 0 atom stereocenters. The number of H-pyrrole nitrogens is 1. The summed E-state index contributed by atoms with van der Waals surface area (Å²) in [4.78, 5) is 28.0. The Morgan fingerprint density at radius 1 is 1.05 bits per heavy atom. The second-order valence-electron chi connectivity index (χ2n) is 11.6. The lowest BCUT2D eigenvalue weighted by molar-refractivity contribution is -0.117. The number of hydrogen-bond donors (Lipinski definition) is 3. The number of aromatic nitrogens is 4. The molecule has 9 nitrogen and oxygen atoms in total. The lowest BCUT2D eigenvalue weighted by atomic mass is 9.78. The number of aryl methyl sites for hydroxylation is 1. The van der Waals surface area contributed by atoms with Crippen LogP contribution in [0.2, 0.25) is 0 Å². The van der Waals surface area contributed by atoms with Gasteiger partial charge in [-0.2, -0.15) is 5.10 Å². The van der Waals surface area contributed by atoms with Gasteiger partial charge in [0.15, 0.2) is 11.0 Å². The molecule has 206 valence electrons. The van der Waals surface area contributed by atoms with Gasteiger partial charge in [-0.05, 0) is 101 Å². The highest BCUT2D eigenvalue weighted by molar-refractivity contribution is 7.99. The molecule has 1 spiro atoms. The molecule has 3 aromatic rings. The fourth-order valence-corrected chi connectivity index (χ4v) is 6.39. The zero-order valence-electron chi connectivity index (χ0n) is 23.0. The van der Waals surface area contributed by atoms with Crippen molar-refractivity contribution in [3.63, 3.8) is 0 Å². The van der Waals surface area contributed by atoms with Gasteiger partial charge in [-0.15, -0.1) is 0 Å². The van der Waals surface area contributed by atoms with Crippen LogP contribution in [0.15, 0.2) is 46.5 Å². The topological polar surface area (TPSA) is 102 Å². The summed E-state index contributed by atoms with van der Waals surface area (Å²) in [5, 5.41) is 14.4. The molecule has 1 aromatic carbocycles. The Morgan fingerprint density at radius 3 is 2.44 bits per heavy atom. The van der Waals surface area contributed by atoms with E-state index in [4.69, 9.17) is 9.97 Å². The summed E-state index contributed by atoms with van der Waals surface area (Å²) in [5.74, 6) is 2.72. The summed E-state index contributed by atoms with van der Waals surface area (Å²) < 4.78 is 0. The Morgan fingerprint density at radius 2 is 1.79 bits per heavy atom. The predicted molar refractivity (Wildman–Crippen MR) is 156 cm³/mol. The maximum atomic E-state index is 12.1. The SMILES string of the molecule is Cc1cc(Nc2cc(N3CCC4(CC3)CCN(C(C)C)C4)nc(Sc3ccc(NC(=O)C4CC4)cc3)n2)n[nH]1. The molecule has 2 saturated heterocycles. The van der Waals surface area contributed by atoms with E-state index >= 15 is 0 Å². The van der Waals surface area contributed by atoms with Crippen molar-refractivity contribution >= 4 is 40.8 Å². The Balaban J connectivity index is 1.18. The van der Waals surface area contributed by atoms with E-state index in [1.54, 1.807) is 0 Å². The third kappa shape index (κ3) is 6.22. The fraction of sp³-hybridized carbons (Fsp3) is 0.517. The van der Waals surface area contributed by atoms with Crippen LogP contribution in [-0.4, -0.2) is 63.2 Å². The number of nitrogens with one attached hydrogen (secondary N) is 3. The molecule has 4 heterocycles. The average Bonchev–Trinajstić information content (AvgIpc) is 3.58. The smallest absolute Gasteiger partial charge is 0.227 e. The van der Waals surface area contributed by atoms with Crippen LogP contribution in [0.4, 0.5) is 23.1 Å². The molecule has 0 radical (unpaired) electrons. The fourth-order valence-electron chi connectivity index (χ4n) is 5.63. The Labute approximate surface area is 234 Å². The molecule has 6 rings (SSSR count). The van der Waals surface area contributed by atoms with Crippen molar-refractivity contribution in [3.8, 4) is 0 Å². The van der Waals surface area contributed by atoms with E-state index < -0.39 is 0 Å². The molecule has 3 N–H and O–H groups in total. The number of amides is 1. The maximum absolute atomic E-state index is 12.1. The van der Waals surface area contributed by atoms with Gasteiger partial charge in [0.05, 0.1) is 0 Å². The number of carbonyl (C=O) groups excluding carboxylic acids is 1. The number of piperidine rings is 1. The van der Waals surface area contributed by atoms with Crippen molar-refractivity contribution in [1.29, 1.82) is 0 Å². The van der Waals surface area contributed by atoms with Crippen molar-refractivity contribution in [3.05, 3.63) is 42.1 Å². The first kappa shape index (κ1) is 26.1. The van der Waals surface area contributed by atoms with Gasteiger partial charge in [-0.3, -0.25) is 9.89 Å². The molecule has 1 saturated carbocycles. The Kier molecular flexibility index (Phi) is 7.24. The van der Waals surface area contributed by atoms with Gasteiger partial charge in [0.25, 0.3) is 0 Å². The standard InChI is InChI=1S/C29H38N8OS/c1-19(2)37-15-12-29(18-37)10-13-36(14-11-29)26-17-24(31-25-16-20(3)34-35-25)32-28(33-26)39-23-8-6-22(7-9-23)30-27(38)21-4-5-21/h6-9,16-17,19,21H,4-5,10-15,18H2,1-3H3,(H,30,38)(H2,31,32,33,34,35). The molecular formula is C29H38N8OS. The molecule has 2 aromatic heterocycles. The van der Waals surface area contributed by atoms with E-state index in [1.807, 2.05) is 43.3 Å². The minimum Gasteiger partial charge on any atom is -0.356 e. The molecule has 3 fully saturated rings. The third-order valence-corrected chi connectivity index (χ3v) is 9.15. The third-order valence-electron chi connectivity index (χ3n) is 8.28. The number of benzene rings is 1. The van der Waals surface area contributed by atoms with Crippen LogP contribution in [-0.2, 0) is 4.79 Å². The van der Waals surface area contributed by atoms with Gasteiger partial charge in [0, 0.05) is 60.0 Å². The molecular weight excluding hydrogens is 508 g/mol. The number of carbonyl (C=O) groups is 1. The van der Waals surface area contributed by atoms with E-state index in [1.165, 1.54) is 44.1 Å². The van der Waals surface area contributed by atoms with E-state index in [2.05, 4.69) is 44.5 Å². The maximum Gasteiger partial charge on any atom is 0.227 e. The van der Waals surface area contributed by atoms with Crippen LogP contribution in [0, 0.1) is 18.3 Å². The van der Waals surface area contributed by atoms with Crippen LogP contribution in [0.25, 0.3) is 0 Å². The monoisotopic (exact) mass is 546 g/mol.